The number of hydrogen-bond donors (Lipinski definition) is 4. The van der Waals surface area contributed by atoms with Crippen LogP contribution in [-0.4, -0.2) is 95.0 Å². The van der Waals surface area contributed by atoms with E-state index in [1.807, 2.05) is 30.3 Å². The number of aliphatic hydroxyl groups excluding tert-OH is 1. The predicted octanol–water partition coefficient (Wildman–Crippen LogP) is 2.30. The highest BCUT2D eigenvalue weighted by molar-refractivity contribution is 6.02. The molecule has 2 aromatic carbocycles. The van der Waals surface area contributed by atoms with E-state index in [0.717, 1.165) is 24.9 Å². The number of nitrogens with zero attached hydrogens (tertiary/aromatic N) is 2. The summed E-state index contributed by atoms with van der Waals surface area (Å²) in [5, 5.41) is 12.7. The molecule has 5 amide bonds. The van der Waals surface area contributed by atoms with Crippen LogP contribution in [-0.2, 0) is 46.5 Å². The largest absolute Gasteiger partial charge is 0.467 e. The molecule has 51 heavy (non-hydrogen) atoms. The molecule has 0 aliphatic heterocycles. The number of imide groups is 2. The lowest BCUT2D eigenvalue weighted by atomic mass is 9.95. The number of carbonyl (C=O) groups excluding carboxylic acids is 6. The minimum Gasteiger partial charge on any atom is -0.467 e. The average molecular weight is 712 g/mol. The summed E-state index contributed by atoms with van der Waals surface area (Å²) in [7, 11) is 1.15. The Labute approximate surface area is 299 Å². The summed E-state index contributed by atoms with van der Waals surface area (Å²) in [6.45, 7) is 4.74. The van der Waals surface area contributed by atoms with E-state index < -0.39 is 78.3 Å². The lowest BCUT2D eigenvalue weighted by molar-refractivity contribution is -0.163. The Morgan fingerprint density at radius 2 is 1.39 bits per heavy atom. The fourth-order valence-electron chi connectivity index (χ4n) is 5.37. The first kappa shape index (κ1) is 42.5. The van der Waals surface area contributed by atoms with Gasteiger partial charge in [0.2, 0.25) is 23.6 Å². The predicted molar refractivity (Wildman–Crippen MR) is 189 cm³/mol. The molecule has 14 nitrogen and oxygen atoms in total. The van der Waals surface area contributed by atoms with Gasteiger partial charge in [0.1, 0.15) is 18.7 Å². The van der Waals surface area contributed by atoms with Gasteiger partial charge >= 0.3 is 12.1 Å². The van der Waals surface area contributed by atoms with Gasteiger partial charge in [-0.25, -0.2) is 14.5 Å². The van der Waals surface area contributed by atoms with Gasteiger partial charge in [-0.15, -0.1) is 0 Å². The van der Waals surface area contributed by atoms with Crippen LogP contribution in [0.25, 0.3) is 0 Å². The third-order valence-corrected chi connectivity index (χ3v) is 8.42. The van der Waals surface area contributed by atoms with Crippen molar-refractivity contribution in [1.29, 1.82) is 0 Å². The van der Waals surface area contributed by atoms with Crippen LogP contribution < -0.4 is 16.8 Å². The summed E-state index contributed by atoms with van der Waals surface area (Å²) in [6, 6.07) is 13.3. The average Bonchev–Trinajstić information content (AvgIpc) is 3.12. The first-order chi connectivity index (χ1) is 24.2. The molecule has 280 valence electrons. The van der Waals surface area contributed by atoms with Crippen molar-refractivity contribution in [3.05, 3.63) is 71.8 Å². The lowest BCUT2D eigenvalue weighted by Crippen LogP contribution is -2.60. The molecule has 2 rings (SSSR count). The molecule has 2 aromatic rings. The van der Waals surface area contributed by atoms with Crippen molar-refractivity contribution in [2.24, 2.45) is 23.3 Å². The quantitative estimate of drug-likeness (QED) is 0.123. The number of nitrogens with one attached hydrogen (secondary N) is 1. The molecule has 0 bridgehead atoms. The molecule has 6 N–H and O–H groups in total. The summed E-state index contributed by atoms with van der Waals surface area (Å²) in [5.74, 6) is -5.68. The molecule has 0 radical (unpaired) electrons. The molecule has 0 saturated heterocycles. The standard InChI is InChI=1S/C37H53N5O9/c1-24(2)32(36(48)50-5)42(30(44)20-14-8-11-17-27-15-9-6-10-16-27)35(47)31(39)29(22-43)21-40-33(45)26(4)41(34(46)25(3)38)37(49)51-23-28-18-12-7-13-19-28/h6-7,9-10,12-13,15-16,18-19,24-26,29,31-32,43H,8,11,14,17,20-23,38-39H2,1-5H3,(H,40,45)/t25-,26-,29?,31?,32?/m0/s1. The Balaban J connectivity index is 2.15. The number of methoxy groups -OCH3 is 1. The number of rotatable bonds is 19. The zero-order chi connectivity index (χ0) is 38.1. The maximum absolute atomic E-state index is 13.9. The molecular formula is C37H53N5O9. The lowest BCUT2D eigenvalue weighted by Gasteiger charge is -2.34. The number of benzene rings is 2. The molecule has 5 atom stereocenters. The van der Waals surface area contributed by atoms with Crippen LogP contribution in [0.3, 0.4) is 0 Å². The minimum atomic E-state index is -1.53. The number of aryl methyl sites for hydroxylation is 1. The molecule has 0 aliphatic carbocycles. The number of amides is 5. The fourth-order valence-corrected chi connectivity index (χ4v) is 5.37. The highest BCUT2D eigenvalue weighted by Gasteiger charge is 2.41. The molecule has 3 unspecified atom stereocenters. The molecule has 0 saturated carbocycles. The Morgan fingerprint density at radius 1 is 0.804 bits per heavy atom. The van der Waals surface area contributed by atoms with E-state index in [-0.39, 0.29) is 19.6 Å². The number of aliphatic hydroxyl groups is 1. The third-order valence-electron chi connectivity index (χ3n) is 8.42. The van der Waals surface area contributed by atoms with E-state index in [4.69, 9.17) is 20.9 Å². The van der Waals surface area contributed by atoms with Gasteiger partial charge in [-0.05, 0) is 50.2 Å². The highest BCUT2D eigenvalue weighted by atomic mass is 16.6. The van der Waals surface area contributed by atoms with Gasteiger partial charge in [-0.3, -0.25) is 24.1 Å². The summed E-state index contributed by atoms with van der Waals surface area (Å²) in [6.07, 6.45) is 1.68. The molecule has 0 spiro atoms. The Bertz CT molecular complexity index is 1440. The Morgan fingerprint density at radius 3 is 1.92 bits per heavy atom. The van der Waals surface area contributed by atoms with Crippen molar-refractivity contribution < 1.29 is 43.3 Å². The summed E-state index contributed by atoms with van der Waals surface area (Å²) in [5.41, 5.74) is 13.9. The van der Waals surface area contributed by atoms with Crippen LogP contribution in [0.4, 0.5) is 4.79 Å². The van der Waals surface area contributed by atoms with E-state index in [2.05, 4.69) is 5.32 Å². The van der Waals surface area contributed by atoms with Gasteiger partial charge in [-0.2, -0.15) is 0 Å². The van der Waals surface area contributed by atoms with Crippen molar-refractivity contribution in [2.75, 3.05) is 20.3 Å². The van der Waals surface area contributed by atoms with E-state index in [1.165, 1.54) is 19.4 Å². The number of ether oxygens (including phenoxy) is 2. The van der Waals surface area contributed by atoms with Gasteiger partial charge in [0, 0.05) is 25.5 Å². The van der Waals surface area contributed by atoms with E-state index in [9.17, 15) is 33.9 Å². The van der Waals surface area contributed by atoms with Crippen LogP contribution in [0.1, 0.15) is 64.5 Å². The fraction of sp³-hybridized carbons (Fsp3) is 0.514. The van der Waals surface area contributed by atoms with Crippen molar-refractivity contribution in [3.63, 3.8) is 0 Å². The second kappa shape index (κ2) is 21.5. The first-order valence-corrected chi connectivity index (χ1v) is 17.2. The van der Waals surface area contributed by atoms with Crippen LogP contribution in [0.2, 0.25) is 0 Å². The van der Waals surface area contributed by atoms with Crippen LogP contribution in [0.5, 0.6) is 0 Å². The van der Waals surface area contributed by atoms with Crippen molar-refractivity contribution in [3.8, 4) is 0 Å². The first-order valence-electron chi connectivity index (χ1n) is 17.2. The number of esters is 1. The number of nitrogens with two attached hydrogens (primary N) is 2. The van der Waals surface area contributed by atoms with Gasteiger partial charge in [0.05, 0.1) is 19.2 Å². The monoisotopic (exact) mass is 711 g/mol. The van der Waals surface area contributed by atoms with Gasteiger partial charge in [0.15, 0.2) is 0 Å². The molecule has 14 heteroatoms. The molecule has 0 aromatic heterocycles. The second-order valence-electron chi connectivity index (χ2n) is 12.8. The second-order valence-corrected chi connectivity index (χ2v) is 12.8. The molecule has 0 fully saturated rings. The van der Waals surface area contributed by atoms with Crippen molar-refractivity contribution in [2.45, 2.75) is 90.6 Å². The molecule has 0 aliphatic rings. The van der Waals surface area contributed by atoms with Gasteiger partial charge in [-0.1, -0.05) is 80.9 Å². The van der Waals surface area contributed by atoms with Crippen LogP contribution in [0, 0.1) is 11.8 Å². The maximum Gasteiger partial charge on any atom is 0.417 e. The van der Waals surface area contributed by atoms with Crippen LogP contribution >= 0.6 is 0 Å². The maximum atomic E-state index is 13.9. The Kier molecular flexibility index (Phi) is 17.9. The Hall–Kier alpha value is -4.66. The van der Waals surface area contributed by atoms with E-state index >= 15 is 0 Å². The number of unbranched alkanes of at least 4 members (excludes halogenated alkanes) is 2. The molecular weight excluding hydrogens is 658 g/mol. The zero-order valence-electron chi connectivity index (χ0n) is 30.2. The summed E-state index contributed by atoms with van der Waals surface area (Å²) < 4.78 is 10.2. The summed E-state index contributed by atoms with van der Waals surface area (Å²) in [4.78, 5) is 80.8. The molecule has 0 heterocycles. The number of hydrogen-bond acceptors (Lipinski definition) is 11. The summed E-state index contributed by atoms with van der Waals surface area (Å²) >= 11 is 0. The third kappa shape index (κ3) is 12.9. The van der Waals surface area contributed by atoms with Crippen LogP contribution in [0.15, 0.2) is 60.7 Å². The SMILES string of the molecule is COC(=O)C(C(C)C)N(C(=O)CCCCCc1ccccc1)C(=O)C(N)C(CO)CNC(=O)[C@H](C)N(C(=O)OCc1ccccc1)C(=O)[C@H](C)N. The normalized spacial score (nSPS) is 14.0. The van der Waals surface area contributed by atoms with Crippen molar-refractivity contribution >= 4 is 35.7 Å². The highest BCUT2D eigenvalue weighted by Crippen LogP contribution is 2.19. The van der Waals surface area contributed by atoms with E-state index in [1.54, 1.807) is 44.2 Å². The smallest absolute Gasteiger partial charge is 0.417 e. The van der Waals surface area contributed by atoms with Gasteiger partial charge < -0.3 is 31.4 Å². The zero-order valence-corrected chi connectivity index (χ0v) is 30.2. The van der Waals surface area contributed by atoms with E-state index in [0.29, 0.717) is 23.3 Å². The minimum absolute atomic E-state index is 0.0324. The topological polar surface area (TPSA) is 212 Å². The number of carbonyl (C=O) groups is 6. The van der Waals surface area contributed by atoms with Gasteiger partial charge in [0.25, 0.3) is 0 Å². The van der Waals surface area contributed by atoms with Crippen molar-refractivity contribution in [1.82, 2.24) is 15.1 Å².